The van der Waals surface area contributed by atoms with Gasteiger partial charge >= 0.3 is 19.6 Å². The molecule has 0 saturated carbocycles. The third kappa shape index (κ3) is 7.13. The Morgan fingerprint density at radius 2 is 1.69 bits per heavy atom. The van der Waals surface area contributed by atoms with Gasteiger partial charge in [0, 0.05) is 12.1 Å². The summed E-state index contributed by atoms with van der Waals surface area (Å²) < 4.78 is 73.1. The van der Waals surface area contributed by atoms with Crippen molar-refractivity contribution in [2.75, 3.05) is 6.54 Å². The van der Waals surface area contributed by atoms with Crippen LogP contribution in [-0.2, 0) is 14.0 Å². The lowest BCUT2D eigenvalue weighted by molar-refractivity contribution is -0.274. The van der Waals surface area contributed by atoms with Gasteiger partial charge in [0.15, 0.2) is 0 Å². The summed E-state index contributed by atoms with van der Waals surface area (Å²) in [5, 5.41) is 2.54. The van der Waals surface area contributed by atoms with Crippen molar-refractivity contribution in [3.8, 4) is 5.75 Å². The Labute approximate surface area is 185 Å². The number of halogens is 4. The van der Waals surface area contributed by atoms with Gasteiger partial charge in [-0.3, -0.25) is 0 Å². The maximum atomic E-state index is 14.4. The number of nitrogens with one attached hydrogen (secondary N) is 1. The molecular weight excluding hydrogens is 433 g/mol. The molecule has 32 heavy (non-hydrogen) atoms. The van der Waals surface area contributed by atoms with E-state index < -0.39 is 47.9 Å². The van der Waals surface area contributed by atoms with Crippen LogP contribution in [0.4, 0.5) is 22.4 Å². The van der Waals surface area contributed by atoms with E-state index in [1.54, 1.807) is 20.8 Å². The van der Waals surface area contributed by atoms with E-state index in [-0.39, 0.29) is 17.6 Å². The first-order valence-corrected chi connectivity index (χ1v) is 9.97. The lowest BCUT2D eigenvalue weighted by Crippen LogP contribution is -2.41. The number of ether oxygens (including phenoxy) is 2. The van der Waals surface area contributed by atoms with Gasteiger partial charge < -0.3 is 24.1 Å². The van der Waals surface area contributed by atoms with Crippen molar-refractivity contribution in [3.05, 3.63) is 35.1 Å². The normalized spacial score (nSPS) is 18.5. The van der Waals surface area contributed by atoms with Crippen LogP contribution in [0.3, 0.4) is 0 Å². The number of benzene rings is 1. The van der Waals surface area contributed by atoms with E-state index in [1.165, 1.54) is 6.08 Å². The Hall–Kier alpha value is -2.27. The van der Waals surface area contributed by atoms with Crippen LogP contribution < -0.4 is 10.1 Å². The van der Waals surface area contributed by atoms with Crippen LogP contribution in [-0.4, -0.2) is 42.9 Å². The van der Waals surface area contributed by atoms with Gasteiger partial charge in [-0.2, -0.15) is 0 Å². The van der Waals surface area contributed by atoms with E-state index in [2.05, 4.69) is 10.1 Å². The molecule has 0 atom stereocenters. The van der Waals surface area contributed by atoms with Crippen molar-refractivity contribution in [1.29, 1.82) is 0 Å². The van der Waals surface area contributed by atoms with Crippen molar-refractivity contribution < 1.29 is 41.1 Å². The number of carbonyl (C=O) groups excluding carboxylic acids is 1. The Balaban J connectivity index is 2.37. The highest BCUT2D eigenvalue weighted by Crippen LogP contribution is 2.39. The Bertz CT molecular complexity index is 862. The van der Waals surface area contributed by atoms with Crippen molar-refractivity contribution in [2.45, 2.75) is 71.6 Å². The van der Waals surface area contributed by atoms with Gasteiger partial charge in [-0.1, -0.05) is 6.08 Å². The molecule has 6 nitrogen and oxygen atoms in total. The molecule has 2 rings (SSSR count). The molecule has 0 bridgehead atoms. The highest BCUT2D eigenvalue weighted by Gasteiger charge is 2.52. The molecule has 0 unspecified atom stereocenters. The molecule has 1 amide bonds. The van der Waals surface area contributed by atoms with Gasteiger partial charge in [-0.15, -0.1) is 13.2 Å². The number of rotatable bonds is 5. The summed E-state index contributed by atoms with van der Waals surface area (Å²) in [5.41, 5.74) is -2.13. The second kappa shape index (κ2) is 8.94. The van der Waals surface area contributed by atoms with Crippen LogP contribution in [0.2, 0.25) is 0 Å². The third-order valence-corrected chi connectivity index (χ3v) is 4.93. The lowest BCUT2D eigenvalue weighted by atomic mass is 9.77. The molecule has 1 aromatic carbocycles. The predicted octanol–water partition coefficient (Wildman–Crippen LogP) is 5.26. The molecule has 1 aliphatic rings. The summed E-state index contributed by atoms with van der Waals surface area (Å²) in [7, 11) is -0.985. The van der Waals surface area contributed by atoms with Crippen molar-refractivity contribution >= 4 is 19.3 Å². The fraction of sp³-hybridized carbons (Fsp3) is 0.571. The van der Waals surface area contributed by atoms with E-state index in [0.717, 1.165) is 18.2 Å². The average Bonchev–Trinajstić information content (AvgIpc) is 2.79. The fourth-order valence-corrected chi connectivity index (χ4v) is 2.71. The molecule has 11 heteroatoms. The Morgan fingerprint density at radius 1 is 1.12 bits per heavy atom. The minimum Gasteiger partial charge on any atom is -0.444 e. The zero-order chi connectivity index (χ0) is 24.5. The second-order valence-corrected chi connectivity index (χ2v) is 9.39. The van der Waals surface area contributed by atoms with Crippen LogP contribution in [0, 0.1) is 5.82 Å². The molecule has 178 valence electrons. The topological polar surface area (TPSA) is 66.0 Å². The number of alkyl carbamates (subject to hydrolysis) is 1. The van der Waals surface area contributed by atoms with Gasteiger partial charge in [-0.25, -0.2) is 9.18 Å². The van der Waals surface area contributed by atoms with Crippen LogP contribution in [0.5, 0.6) is 5.75 Å². The maximum Gasteiger partial charge on any atom is 0.573 e. The van der Waals surface area contributed by atoms with E-state index in [4.69, 9.17) is 14.0 Å². The molecule has 0 spiro atoms. The standard InChI is InChI=1S/C21H28BF4NO5/c1-18(2,3)30-17(28)27-12-14(22-31-19(4,5)20(6,7)32-22)10-13-11-15(8-9-16(13)23)29-21(24,25)26/h8-11H,12H2,1-7H3,(H,27,28). The van der Waals surface area contributed by atoms with Crippen molar-refractivity contribution in [1.82, 2.24) is 5.32 Å². The zero-order valence-electron chi connectivity index (χ0n) is 19.1. The number of hydrogen-bond donors (Lipinski definition) is 1. The minimum absolute atomic E-state index is 0.157. The zero-order valence-corrected chi connectivity index (χ0v) is 19.1. The van der Waals surface area contributed by atoms with Gasteiger partial charge in [0.05, 0.1) is 11.2 Å². The molecule has 0 radical (unpaired) electrons. The van der Waals surface area contributed by atoms with Crippen molar-refractivity contribution in [2.24, 2.45) is 0 Å². The maximum absolute atomic E-state index is 14.4. The van der Waals surface area contributed by atoms with E-state index >= 15 is 0 Å². The van der Waals surface area contributed by atoms with Gasteiger partial charge in [0.25, 0.3) is 0 Å². The van der Waals surface area contributed by atoms with Crippen LogP contribution >= 0.6 is 0 Å². The molecular formula is C21H28BF4NO5. The van der Waals surface area contributed by atoms with Gasteiger partial charge in [0.1, 0.15) is 17.2 Å². The van der Waals surface area contributed by atoms with Crippen LogP contribution in [0.1, 0.15) is 54.0 Å². The average molecular weight is 461 g/mol. The Kier molecular flexibility index (Phi) is 7.26. The predicted molar refractivity (Wildman–Crippen MR) is 111 cm³/mol. The first-order valence-electron chi connectivity index (χ1n) is 9.97. The minimum atomic E-state index is -4.92. The molecule has 1 aromatic rings. The first-order chi connectivity index (χ1) is 14.4. The van der Waals surface area contributed by atoms with Gasteiger partial charge in [-0.05, 0) is 72.1 Å². The molecule has 1 N–H and O–H groups in total. The van der Waals surface area contributed by atoms with E-state index in [0.29, 0.717) is 0 Å². The second-order valence-electron chi connectivity index (χ2n) is 9.39. The van der Waals surface area contributed by atoms with Gasteiger partial charge in [0.2, 0.25) is 0 Å². The number of alkyl halides is 3. The Morgan fingerprint density at radius 3 is 2.19 bits per heavy atom. The van der Waals surface area contributed by atoms with Crippen LogP contribution in [0.15, 0.2) is 23.7 Å². The highest BCUT2D eigenvalue weighted by atomic mass is 19.4. The number of carbonyl (C=O) groups is 1. The summed E-state index contributed by atoms with van der Waals surface area (Å²) in [6.45, 7) is 12.2. The van der Waals surface area contributed by atoms with E-state index in [1.807, 2.05) is 27.7 Å². The summed E-state index contributed by atoms with van der Waals surface area (Å²) in [4.78, 5) is 12.1. The number of amides is 1. The van der Waals surface area contributed by atoms with E-state index in [9.17, 15) is 22.4 Å². The lowest BCUT2D eigenvalue weighted by Gasteiger charge is -2.32. The first kappa shape index (κ1) is 26.0. The molecule has 0 aromatic heterocycles. The molecule has 1 aliphatic heterocycles. The summed E-state index contributed by atoms with van der Waals surface area (Å²) in [6, 6.07) is 2.63. The highest BCUT2D eigenvalue weighted by molar-refractivity contribution is 6.56. The monoisotopic (exact) mass is 461 g/mol. The fourth-order valence-electron chi connectivity index (χ4n) is 2.71. The third-order valence-electron chi connectivity index (χ3n) is 4.93. The molecule has 1 fully saturated rings. The molecule has 0 aliphatic carbocycles. The quantitative estimate of drug-likeness (QED) is 0.479. The smallest absolute Gasteiger partial charge is 0.444 e. The summed E-state index contributed by atoms with van der Waals surface area (Å²) in [6.07, 6.45) is -4.39. The molecule has 1 heterocycles. The molecule has 1 saturated heterocycles. The largest absolute Gasteiger partial charge is 0.573 e. The van der Waals surface area contributed by atoms with Crippen molar-refractivity contribution in [3.63, 3.8) is 0 Å². The summed E-state index contributed by atoms with van der Waals surface area (Å²) in [5.74, 6) is -1.37. The number of hydrogen-bond acceptors (Lipinski definition) is 5. The van der Waals surface area contributed by atoms with Crippen LogP contribution in [0.25, 0.3) is 6.08 Å². The SMILES string of the molecule is CC(C)(C)OC(=O)NCC(=Cc1cc(OC(F)(F)F)ccc1F)B1OC(C)(C)C(C)(C)O1. The summed E-state index contributed by atoms with van der Waals surface area (Å²) >= 11 is 0.